The molecule has 0 atom stereocenters. The third kappa shape index (κ3) is 4.60. The van der Waals surface area contributed by atoms with E-state index >= 15 is 0 Å². The maximum atomic E-state index is 10.9. The standard InChI is InChI=1S/C19H19NO6/c1-12-8-16(20(23)24)9-13(2)19(12)26-11-15-10-14(5-7-18(21)22)4-6-17(15)25-3/h4-10H,11H2,1-3H3,(H,21,22)/b7-5+. The number of hydrogen-bond donors (Lipinski definition) is 1. The molecule has 0 heterocycles. The molecule has 2 aromatic rings. The molecule has 0 aliphatic carbocycles. The van der Waals surface area contributed by atoms with Crippen LogP contribution in [0.2, 0.25) is 0 Å². The number of methoxy groups -OCH3 is 1. The van der Waals surface area contributed by atoms with Gasteiger partial charge < -0.3 is 14.6 Å². The number of non-ortho nitro benzene ring substituents is 1. The molecule has 0 bridgehead atoms. The zero-order chi connectivity index (χ0) is 19.3. The van der Waals surface area contributed by atoms with Crippen molar-refractivity contribution in [3.63, 3.8) is 0 Å². The van der Waals surface area contributed by atoms with Crippen LogP contribution in [0.25, 0.3) is 6.08 Å². The van der Waals surface area contributed by atoms with Gasteiger partial charge in [0.1, 0.15) is 18.1 Å². The lowest BCUT2D eigenvalue weighted by atomic mass is 10.1. The van der Waals surface area contributed by atoms with Crippen molar-refractivity contribution in [2.45, 2.75) is 20.5 Å². The second-order valence-corrected chi connectivity index (χ2v) is 5.70. The molecule has 26 heavy (non-hydrogen) atoms. The first-order valence-electron chi connectivity index (χ1n) is 7.78. The number of carboxylic acid groups (broad SMARTS) is 1. The number of carbonyl (C=O) groups is 1. The van der Waals surface area contributed by atoms with Gasteiger partial charge in [-0.15, -0.1) is 0 Å². The van der Waals surface area contributed by atoms with Crippen LogP contribution < -0.4 is 9.47 Å². The Hall–Kier alpha value is -3.35. The molecule has 0 unspecified atom stereocenters. The van der Waals surface area contributed by atoms with Crippen LogP contribution in [0.4, 0.5) is 5.69 Å². The summed E-state index contributed by atoms with van der Waals surface area (Å²) < 4.78 is 11.2. The summed E-state index contributed by atoms with van der Waals surface area (Å²) in [5, 5.41) is 19.7. The Morgan fingerprint density at radius 2 is 1.88 bits per heavy atom. The van der Waals surface area contributed by atoms with Gasteiger partial charge in [0.2, 0.25) is 0 Å². The van der Waals surface area contributed by atoms with Crippen molar-refractivity contribution in [1.82, 2.24) is 0 Å². The lowest BCUT2D eigenvalue weighted by Crippen LogP contribution is -2.02. The number of aliphatic carboxylic acids is 1. The summed E-state index contributed by atoms with van der Waals surface area (Å²) in [4.78, 5) is 21.1. The van der Waals surface area contributed by atoms with E-state index in [1.807, 2.05) is 0 Å². The van der Waals surface area contributed by atoms with Gasteiger partial charge in [-0.05, 0) is 48.7 Å². The molecule has 2 rings (SSSR count). The van der Waals surface area contributed by atoms with Crippen LogP contribution in [0.3, 0.4) is 0 Å². The van der Waals surface area contributed by atoms with Gasteiger partial charge in [-0.1, -0.05) is 6.07 Å². The van der Waals surface area contributed by atoms with Crippen molar-refractivity contribution in [3.8, 4) is 11.5 Å². The second-order valence-electron chi connectivity index (χ2n) is 5.70. The second kappa shape index (κ2) is 8.15. The Bertz CT molecular complexity index is 849. The fourth-order valence-electron chi connectivity index (χ4n) is 2.59. The van der Waals surface area contributed by atoms with Crippen molar-refractivity contribution in [2.24, 2.45) is 0 Å². The molecule has 7 heteroatoms. The van der Waals surface area contributed by atoms with Crippen LogP contribution in [-0.4, -0.2) is 23.1 Å². The van der Waals surface area contributed by atoms with Crippen LogP contribution >= 0.6 is 0 Å². The van der Waals surface area contributed by atoms with Gasteiger partial charge in [0.15, 0.2) is 0 Å². The lowest BCUT2D eigenvalue weighted by molar-refractivity contribution is -0.385. The molecule has 0 saturated heterocycles. The van der Waals surface area contributed by atoms with Crippen LogP contribution in [0, 0.1) is 24.0 Å². The SMILES string of the molecule is COc1ccc(/C=C/C(=O)O)cc1COc1c(C)cc([N+](=O)[O-])cc1C. The third-order valence-electron chi connectivity index (χ3n) is 3.75. The molecule has 1 N–H and O–H groups in total. The molecule has 0 saturated carbocycles. The zero-order valence-electron chi connectivity index (χ0n) is 14.7. The minimum absolute atomic E-state index is 0.0192. The van der Waals surface area contributed by atoms with Gasteiger partial charge in [0, 0.05) is 23.8 Å². The van der Waals surface area contributed by atoms with E-state index in [1.54, 1.807) is 32.0 Å². The smallest absolute Gasteiger partial charge is 0.328 e. The monoisotopic (exact) mass is 357 g/mol. The highest BCUT2D eigenvalue weighted by Crippen LogP contribution is 2.30. The number of nitrogens with zero attached hydrogens (tertiary/aromatic N) is 1. The summed E-state index contributed by atoms with van der Waals surface area (Å²) in [5.74, 6) is 0.148. The summed E-state index contributed by atoms with van der Waals surface area (Å²) in [5.41, 5.74) is 2.78. The van der Waals surface area contributed by atoms with Crippen molar-refractivity contribution < 1.29 is 24.3 Å². The number of hydrogen-bond acceptors (Lipinski definition) is 5. The van der Waals surface area contributed by atoms with E-state index in [-0.39, 0.29) is 12.3 Å². The zero-order valence-corrected chi connectivity index (χ0v) is 14.7. The van der Waals surface area contributed by atoms with Crippen molar-refractivity contribution >= 4 is 17.7 Å². The molecule has 0 aromatic heterocycles. The number of aryl methyl sites for hydroxylation is 2. The molecule has 0 radical (unpaired) electrons. The average molecular weight is 357 g/mol. The first-order valence-corrected chi connectivity index (χ1v) is 7.78. The van der Waals surface area contributed by atoms with Crippen LogP contribution in [0.1, 0.15) is 22.3 Å². The molecule has 7 nitrogen and oxygen atoms in total. The molecular weight excluding hydrogens is 338 g/mol. The summed E-state index contributed by atoms with van der Waals surface area (Å²) in [7, 11) is 1.54. The minimum Gasteiger partial charge on any atom is -0.496 e. The molecule has 0 spiro atoms. The van der Waals surface area contributed by atoms with Crippen LogP contribution in [0.15, 0.2) is 36.4 Å². The Kier molecular flexibility index (Phi) is 5.95. The van der Waals surface area contributed by atoms with E-state index < -0.39 is 10.9 Å². The Labute approximate surface area is 150 Å². The molecule has 0 aliphatic heterocycles. The highest BCUT2D eigenvalue weighted by Gasteiger charge is 2.14. The number of nitro benzene ring substituents is 1. The molecule has 0 aliphatic rings. The Morgan fingerprint density at radius 1 is 1.23 bits per heavy atom. The predicted molar refractivity (Wildman–Crippen MR) is 96.6 cm³/mol. The van der Waals surface area contributed by atoms with Gasteiger partial charge in [-0.3, -0.25) is 10.1 Å². The van der Waals surface area contributed by atoms with Crippen LogP contribution in [-0.2, 0) is 11.4 Å². The summed E-state index contributed by atoms with van der Waals surface area (Å²) in [6, 6.07) is 8.17. The molecule has 2 aromatic carbocycles. The normalized spacial score (nSPS) is 10.7. The first kappa shape index (κ1) is 19.0. The fourth-order valence-corrected chi connectivity index (χ4v) is 2.59. The predicted octanol–water partition coefficient (Wildman–Crippen LogP) is 3.90. The molecule has 0 amide bonds. The highest BCUT2D eigenvalue weighted by molar-refractivity contribution is 5.85. The van der Waals surface area contributed by atoms with Crippen LogP contribution in [0.5, 0.6) is 11.5 Å². The van der Waals surface area contributed by atoms with E-state index in [4.69, 9.17) is 14.6 Å². The Balaban J connectivity index is 2.27. The van der Waals surface area contributed by atoms with Gasteiger partial charge in [0.05, 0.1) is 12.0 Å². The molecular formula is C19H19NO6. The first-order chi connectivity index (χ1) is 12.3. The lowest BCUT2D eigenvalue weighted by Gasteiger charge is -2.14. The van der Waals surface area contributed by atoms with E-state index in [1.165, 1.54) is 25.3 Å². The van der Waals surface area contributed by atoms with Gasteiger partial charge in [-0.25, -0.2) is 4.79 Å². The number of ether oxygens (including phenoxy) is 2. The van der Waals surface area contributed by atoms with Crippen molar-refractivity contribution in [3.05, 3.63) is 68.8 Å². The maximum Gasteiger partial charge on any atom is 0.328 e. The van der Waals surface area contributed by atoms with Crippen molar-refractivity contribution in [1.29, 1.82) is 0 Å². The van der Waals surface area contributed by atoms with E-state index in [2.05, 4.69) is 0 Å². The van der Waals surface area contributed by atoms with E-state index in [9.17, 15) is 14.9 Å². The summed E-state index contributed by atoms with van der Waals surface area (Å²) in [6.45, 7) is 3.68. The summed E-state index contributed by atoms with van der Waals surface area (Å²) >= 11 is 0. The van der Waals surface area contributed by atoms with Crippen molar-refractivity contribution in [2.75, 3.05) is 7.11 Å². The minimum atomic E-state index is -1.03. The largest absolute Gasteiger partial charge is 0.496 e. The maximum absolute atomic E-state index is 10.9. The van der Waals surface area contributed by atoms with E-state index in [0.29, 0.717) is 28.2 Å². The number of rotatable bonds is 7. The number of carboxylic acids is 1. The molecule has 0 fully saturated rings. The number of nitro groups is 1. The van der Waals surface area contributed by atoms with Gasteiger partial charge in [-0.2, -0.15) is 0 Å². The van der Waals surface area contributed by atoms with Gasteiger partial charge in [0.25, 0.3) is 5.69 Å². The van der Waals surface area contributed by atoms with Gasteiger partial charge >= 0.3 is 5.97 Å². The average Bonchev–Trinajstić information content (AvgIpc) is 2.59. The third-order valence-corrected chi connectivity index (χ3v) is 3.75. The topological polar surface area (TPSA) is 98.9 Å². The molecule has 136 valence electrons. The van der Waals surface area contributed by atoms with E-state index in [0.717, 1.165) is 11.6 Å². The summed E-state index contributed by atoms with van der Waals surface area (Å²) in [6.07, 6.45) is 2.53. The quantitative estimate of drug-likeness (QED) is 0.458. The fraction of sp³-hybridized carbons (Fsp3) is 0.211. The highest BCUT2D eigenvalue weighted by atomic mass is 16.6. The number of benzene rings is 2. The Morgan fingerprint density at radius 3 is 2.42 bits per heavy atom.